The largest absolute Gasteiger partial charge is 0.494 e. The van der Waals surface area contributed by atoms with E-state index in [1.54, 1.807) is 11.8 Å². The highest BCUT2D eigenvalue weighted by Gasteiger charge is 2.28. The number of hydrogen-bond donors (Lipinski definition) is 1. The van der Waals surface area contributed by atoms with Gasteiger partial charge in [-0.1, -0.05) is 42.0 Å². The minimum atomic E-state index is -0.565. The lowest BCUT2D eigenvalue weighted by molar-refractivity contribution is -0.141. The van der Waals surface area contributed by atoms with Crippen molar-refractivity contribution >= 4 is 11.8 Å². The van der Waals surface area contributed by atoms with E-state index in [0.717, 1.165) is 16.9 Å². The summed E-state index contributed by atoms with van der Waals surface area (Å²) in [4.78, 5) is 27.6. The highest BCUT2D eigenvalue weighted by atomic mass is 16.5. The molecule has 5 nitrogen and oxygen atoms in total. The molecule has 0 fully saturated rings. The molecule has 0 heterocycles. The fourth-order valence-corrected chi connectivity index (χ4v) is 3.22. The van der Waals surface area contributed by atoms with E-state index in [4.69, 9.17) is 4.74 Å². The van der Waals surface area contributed by atoms with Crippen LogP contribution in [0.1, 0.15) is 57.2 Å². The minimum Gasteiger partial charge on any atom is -0.494 e. The van der Waals surface area contributed by atoms with Gasteiger partial charge in [-0.3, -0.25) is 9.59 Å². The Kier molecular flexibility index (Phi) is 8.66. The van der Waals surface area contributed by atoms with E-state index in [9.17, 15) is 9.59 Å². The molecule has 0 aromatic heterocycles. The van der Waals surface area contributed by atoms with Crippen molar-refractivity contribution in [3.63, 3.8) is 0 Å². The highest BCUT2D eigenvalue weighted by Crippen LogP contribution is 2.16. The van der Waals surface area contributed by atoms with Gasteiger partial charge < -0.3 is 15.0 Å². The summed E-state index contributed by atoms with van der Waals surface area (Å²) in [5, 5.41) is 2.99. The third-order valence-corrected chi connectivity index (χ3v) is 5.09. The molecule has 31 heavy (non-hydrogen) atoms. The van der Waals surface area contributed by atoms with Gasteiger partial charge in [0.05, 0.1) is 6.61 Å². The van der Waals surface area contributed by atoms with Gasteiger partial charge in [0, 0.05) is 18.5 Å². The van der Waals surface area contributed by atoms with Crippen molar-refractivity contribution in [2.75, 3.05) is 6.61 Å². The molecule has 0 saturated carbocycles. The van der Waals surface area contributed by atoms with E-state index in [1.807, 2.05) is 83.1 Å². The number of nitrogens with one attached hydrogen (secondary N) is 1. The smallest absolute Gasteiger partial charge is 0.242 e. The van der Waals surface area contributed by atoms with Gasteiger partial charge in [0.2, 0.25) is 11.8 Å². The van der Waals surface area contributed by atoms with Gasteiger partial charge in [0.1, 0.15) is 11.8 Å². The average molecular weight is 425 g/mol. The van der Waals surface area contributed by atoms with Crippen LogP contribution < -0.4 is 10.1 Å². The summed E-state index contributed by atoms with van der Waals surface area (Å²) < 4.78 is 5.75. The van der Waals surface area contributed by atoms with E-state index in [0.29, 0.717) is 26.0 Å². The topological polar surface area (TPSA) is 58.6 Å². The Balaban J connectivity index is 2.03. The SMILES string of the molecule is Cc1ccc(OCCCC(=O)N(Cc2ccccc2C)C(C)C(=O)NC(C)(C)C)cc1. The Morgan fingerprint density at radius 2 is 1.68 bits per heavy atom. The number of carbonyl (C=O) groups excluding carboxylic acids is 2. The van der Waals surface area contributed by atoms with Gasteiger partial charge in [-0.05, 0) is 71.2 Å². The first-order chi connectivity index (χ1) is 14.6. The fourth-order valence-electron chi connectivity index (χ4n) is 3.22. The van der Waals surface area contributed by atoms with Crippen LogP contribution in [0, 0.1) is 13.8 Å². The molecule has 0 aliphatic carbocycles. The molecular formula is C26H36N2O3. The molecule has 0 saturated heterocycles. The quantitative estimate of drug-likeness (QED) is 0.589. The predicted molar refractivity (Wildman–Crippen MR) is 125 cm³/mol. The van der Waals surface area contributed by atoms with E-state index in [1.165, 1.54) is 5.56 Å². The first-order valence-corrected chi connectivity index (χ1v) is 10.9. The standard InChI is InChI=1S/C26H36N2O3/c1-19-13-15-23(16-14-19)31-17-9-12-24(29)28(18-22-11-8-7-10-20(22)2)21(3)25(30)27-26(4,5)6/h7-8,10-11,13-16,21H,9,12,17-18H2,1-6H3,(H,27,30). The number of aryl methyl sites for hydroxylation is 2. The molecule has 0 radical (unpaired) electrons. The molecule has 2 rings (SSSR count). The summed E-state index contributed by atoms with van der Waals surface area (Å²) in [5.41, 5.74) is 2.97. The molecule has 0 aliphatic heterocycles. The van der Waals surface area contributed by atoms with Crippen molar-refractivity contribution in [1.82, 2.24) is 10.2 Å². The zero-order valence-corrected chi connectivity index (χ0v) is 19.7. The van der Waals surface area contributed by atoms with E-state index >= 15 is 0 Å². The maximum atomic E-state index is 13.1. The Hall–Kier alpha value is -2.82. The third kappa shape index (κ3) is 8.08. The summed E-state index contributed by atoms with van der Waals surface area (Å²) in [5.74, 6) is 0.602. The zero-order chi connectivity index (χ0) is 23.0. The molecule has 1 unspecified atom stereocenters. The summed E-state index contributed by atoms with van der Waals surface area (Å²) in [6.07, 6.45) is 0.912. The molecule has 2 aromatic carbocycles. The molecule has 0 spiro atoms. The second-order valence-electron chi connectivity index (χ2n) is 9.13. The molecule has 1 N–H and O–H groups in total. The number of amides is 2. The molecule has 0 aliphatic rings. The van der Waals surface area contributed by atoms with E-state index < -0.39 is 6.04 Å². The summed E-state index contributed by atoms with van der Waals surface area (Å²) in [6, 6.07) is 15.3. The molecular weight excluding hydrogens is 388 g/mol. The molecule has 5 heteroatoms. The van der Waals surface area contributed by atoms with Gasteiger partial charge in [-0.15, -0.1) is 0 Å². The maximum Gasteiger partial charge on any atom is 0.242 e. The number of benzene rings is 2. The Labute approximate surface area is 186 Å². The minimum absolute atomic E-state index is 0.0488. The third-order valence-electron chi connectivity index (χ3n) is 5.09. The van der Waals surface area contributed by atoms with Crippen LogP contribution in [0.4, 0.5) is 0 Å². The van der Waals surface area contributed by atoms with Crippen LogP contribution in [0.15, 0.2) is 48.5 Å². The van der Waals surface area contributed by atoms with Crippen LogP contribution in [0.3, 0.4) is 0 Å². The van der Waals surface area contributed by atoms with Crippen molar-refractivity contribution < 1.29 is 14.3 Å². The summed E-state index contributed by atoms with van der Waals surface area (Å²) in [7, 11) is 0. The van der Waals surface area contributed by atoms with Crippen molar-refractivity contribution in [3.8, 4) is 5.75 Å². The van der Waals surface area contributed by atoms with Crippen molar-refractivity contribution in [2.24, 2.45) is 0 Å². The predicted octanol–water partition coefficient (Wildman–Crippen LogP) is 4.79. The van der Waals surface area contributed by atoms with Crippen LogP contribution in [-0.2, 0) is 16.1 Å². The second-order valence-corrected chi connectivity index (χ2v) is 9.13. The van der Waals surface area contributed by atoms with E-state index in [2.05, 4.69) is 5.32 Å². The Morgan fingerprint density at radius 1 is 1.03 bits per heavy atom. The number of nitrogens with zero attached hydrogens (tertiary/aromatic N) is 1. The van der Waals surface area contributed by atoms with Gasteiger partial charge in [-0.25, -0.2) is 0 Å². The highest BCUT2D eigenvalue weighted by molar-refractivity contribution is 5.87. The van der Waals surface area contributed by atoms with Crippen LogP contribution in [0.2, 0.25) is 0 Å². The lowest BCUT2D eigenvalue weighted by Gasteiger charge is -2.32. The molecule has 2 aromatic rings. The maximum absolute atomic E-state index is 13.1. The van der Waals surface area contributed by atoms with Crippen molar-refractivity contribution in [1.29, 1.82) is 0 Å². The number of carbonyl (C=O) groups is 2. The second kappa shape index (κ2) is 11.0. The molecule has 2 amide bonds. The average Bonchev–Trinajstić information content (AvgIpc) is 2.70. The summed E-state index contributed by atoms with van der Waals surface area (Å²) >= 11 is 0. The van der Waals surface area contributed by atoms with Crippen molar-refractivity contribution in [3.05, 3.63) is 65.2 Å². The van der Waals surface area contributed by atoms with E-state index in [-0.39, 0.29) is 17.4 Å². The Bertz CT molecular complexity index is 869. The number of ether oxygens (including phenoxy) is 1. The van der Waals surface area contributed by atoms with Gasteiger partial charge in [0.25, 0.3) is 0 Å². The Morgan fingerprint density at radius 3 is 2.29 bits per heavy atom. The molecule has 1 atom stereocenters. The van der Waals surface area contributed by atoms with Crippen molar-refractivity contribution in [2.45, 2.75) is 72.5 Å². The molecule has 0 bridgehead atoms. The normalized spacial score (nSPS) is 12.2. The number of hydrogen-bond acceptors (Lipinski definition) is 3. The summed E-state index contributed by atoms with van der Waals surface area (Å²) in [6.45, 7) is 12.5. The van der Waals surface area contributed by atoms with Gasteiger partial charge >= 0.3 is 0 Å². The van der Waals surface area contributed by atoms with Gasteiger partial charge in [0.15, 0.2) is 0 Å². The molecule has 168 valence electrons. The van der Waals surface area contributed by atoms with Crippen LogP contribution in [-0.4, -0.2) is 34.9 Å². The van der Waals surface area contributed by atoms with Gasteiger partial charge in [-0.2, -0.15) is 0 Å². The monoisotopic (exact) mass is 424 g/mol. The van der Waals surface area contributed by atoms with Crippen LogP contribution in [0.5, 0.6) is 5.75 Å². The van der Waals surface area contributed by atoms with Crippen LogP contribution >= 0.6 is 0 Å². The first-order valence-electron chi connectivity index (χ1n) is 10.9. The fraction of sp³-hybridized carbons (Fsp3) is 0.462. The lowest BCUT2D eigenvalue weighted by Crippen LogP contribution is -2.52. The lowest BCUT2D eigenvalue weighted by atomic mass is 10.1. The van der Waals surface area contributed by atoms with Crippen LogP contribution in [0.25, 0.3) is 0 Å². The first kappa shape index (κ1) is 24.4. The zero-order valence-electron chi connectivity index (χ0n) is 19.7. The number of rotatable bonds is 9.